The minimum absolute atomic E-state index is 0.326. The van der Waals surface area contributed by atoms with Gasteiger partial charge in [-0.15, -0.1) is 11.8 Å². The van der Waals surface area contributed by atoms with Gasteiger partial charge in [0, 0.05) is 23.8 Å². The van der Waals surface area contributed by atoms with Crippen LogP contribution in [0, 0.1) is 5.92 Å². The highest BCUT2D eigenvalue weighted by atomic mass is 32.2. The van der Waals surface area contributed by atoms with Crippen molar-refractivity contribution in [1.29, 1.82) is 0 Å². The average molecular weight is 201 g/mol. The van der Waals surface area contributed by atoms with E-state index < -0.39 is 0 Å². The molecule has 1 N–H and O–H groups in total. The minimum atomic E-state index is 0.326. The van der Waals surface area contributed by atoms with E-state index in [0.29, 0.717) is 10.9 Å². The normalized spacial score (nSPS) is 39.2. The molecular weight excluding hydrogens is 182 g/mol. The maximum atomic E-state index is 5.51. The summed E-state index contributed by atoms with van der Waals surface area (Å²) in [5.41, 5.74) is 0.326. The monoisotopic (exact) mass is 201 g/mol. The molecule has 2 atom stereocenters. The molecule has 0 aromatic rings. The second kappa shape index (κ2) is 3.79. The molecule has 0 aliphatic carbocycles. The maximum Gasteiger partial charge on any atom is 0.0587 e. The molecule has 76 valence electrons. The van der Waals surface area contributed by atoms with Crippen molar-refractivity contribution in [2.24, 2.45) is 5.92 Å². The molecule has 2 fully saturated rings. The standard InChI is InChI=1S/C10H19NOS/c1-10(2)7-13-9(11-10)8-4-3-5-12-6-8/h8-9,11H,3-7H2,1-2H3. The second-order valence-corrected chi connectivity index (χ2v) is 5.87. The molecule has 13 heavy (non-hydrogen) atoms. The fourth-order valence-electron chi connectivity index (χ4n) is 2.02. The summed E-state index contributed by atoms with van der Waals surface area (Å²) in [6.07, 6.45) is 2.57. The van der Waals surface area contributed by atoms with Crippen molar-refractivity contribution < 1.29 is 4.74 Å². The molecule has 0 amide bonds. The predicted molar refractivity (Wildman–Crippen MR) is 57.0 cm³/mol. The molecule has 2 aliphatic rings. The van der Waals surface area contributed by atoms with Crippen molar-refractivity contribution in [3.63, 3.8) is 0 Å². The van der Waals surface area contributed by atoms with Crippen molar-refractivity contribution in [1.82, 2.24) is 5.32 Å². The Hall–Kier alpha value is 0.270. The third-order valence-corrected chi connectivity index (χ3v) is 4.53. The summed E-state index contributed by atoms with van der Waals surface area (Å²) in [4.78, 5) is 0. The van der Waals surface area contributed by atoms with Gasteiger partial charge in [-0.05, 0) is 26.7 Å². The van der Waals surface area contributed by atoms with Gasteiger partial charge in [-0.3, -0.25) is 5.32 Å². The molecule has 2 saturated heterocycles. The Morgan fingerprint density at radius 3 is 2.85 bits per heavy atom. The molecule has 2 aliphatic heterocycles. The van der Waals surface area contributed by atoms with Gasteiger partial charge in [0.2, 0.25) is 0 Å². The van der Waals surface area contributed by atoms with Crippen LogP contribution >= 0.6 is 11.8 Å². The van der Waals surface area contributed by atoms with E-state index in [1.54, 1.807) is 0 Å². The van der Waals surface area contributed by atoms with E-state index in [1.165, 1.54) is 18.6 Å². The molecule has 0 aromatic heterocycles. The van der Waals surface area contributed by atoms with E-state index >= 15 is 0 Å². The highest BCUT2D eigenvalue weighted by Crippen LogP contribution is 2.33. The van der Waals surface area contributed by atoms with Crippen molar-refractivity contribution in [2.45, 2.75) is 37.6 Å². The third-order valence-electron chi connectivity index (χ3n) is 2.78. The SMILES string of the molecule is CC1(C)CSC(C2CCCOC2)N1. The first-order valence-corrected chi connectivity index (χ1v) is 6.19. The van der Waals surface area contributed by atoms with Crippen molar-refractivity contribution in [2.75, 3.05) is 19.0 Å². The van der Waals surface area contributed by atoms with E-state index in [2.05, 4.69) is 30.9 Å². The molecule has 0 radical (unpaired) electrons. The molecule has 2 nitrogen and oxygen atoms in total. The van der Waals surface area contributed by atoms with Crippen molar-refractivity contribution in [3.05, 3.63) is 0 Å². The van der Waals surface area contributed by atoms with Gasteiger partial charge in [0.05, 0.1) is 12.0 Å². The molecule has 2 unspecified atom stereocenters. The molecule has 0 saturated carbocycles. The maximum absolute atomic E-state index is 5.51. The third kappa shape index (κ3) is 2.39. The summed E-state index contributed by atoms with van der Waals surface area (Å²) in [5, 5.41) is 4.32. The van der Waals surface area contributed by atoms with Crippen LogP contribution in [0.2, 0.25) is 0 Å². The van der Waals surface area contributed by atoms with E-state index in [-0.39, 0.29) is 0 Å². The van der Waals surface area contributed by atoms with Gasteiger partial charge in [-0.25, -0.2) is 0 Å². The zero-order chi connectivity index (χ0) is 9.31. The van der Waals surface area contributed by atoms with Crippen LogP contribution in [0.3, 0.4) is 0 Å². The number of thioether (sulfide) groups is 1. The summed E-state index contributed by atoms with van der Waals surface area (Å²) >= 11 is 2.06. The zero-order valence-electron chi connectivity index (χ0n) is 8.51. The van der Waals surface area contributed by atoms with Crippen LogP contribution in [-0.4, -0.2) is 29.9 Å². The lowest BCUT2D eigenvalue weighted by atomic mass is 10.0. The molecular formula is C10H19NOS. The zero-order valence-corrected chi connectivity index (χ0v) is 9.32. The number of rotatable bonds is 1. The number of hydrogen-bond acceptors (Lipinski definition) is 3. The second-order valence-electron chi connectivity index (χ2n) is 4.74. The van der Waals surface area contributed by atoms with Gasteiger partial charge >= 0.3 is 0 Å². The van der Waals surface area contributed by atoms with Crippen LogP contribution < -0.4 is 5.32 Å². The highest BCUT2D eigenvalue weighted by Gasteiger charge is 2.35. The first kappa shape index (κ1) is 9.81. The molecule has 2 heterocycles. The van der Waals surface area contributed by atoms with Crippen LogP contribution in [0.15, 0.2) is 0 Å². The predicted octanol–water partition coefficient (Wildman–Crippen LogP) is 1.85. The summed E-state index contributed by atoms with van der Waals surface area (Å²) in [6.45, 7) is 6.49. The summed E-state index contributed by atoms with van der Waals surface area (Å²) in [7, 11) is 0. The fourth-order valence-corrected chi connectivity index (χ4v) is 3.59. The topological polar surface area (TPSA) is 21.3 Å². The first-order chi connectivity index (χ1) is 6.17. The van der Waals surface area contributed by atoms with Gasteiger partial charge < -0.3 is 4.74 Å². The van der Waals surface area contributed by atoms with Crippen LogP contribution in [0.5, 0.6) is 0 Å². The highest BCUT2D eigenvalue weighted by molar-refractivity contribution is 8.00. The summed E-state index contributed by atoms with van der Waals surface area (Å²) < 4.78 is 5.51. The van der Waals surface area contributed by atoms with Crippen LogP contribution in [0.4, 0.5) is 0 Å². The van der Waals surface area contributed by atoms with E-state index in [1.807, 2.05) is 0 Å². The smallest absolute Gasteiger partial charge is 0.0587 e. The molecule has 0 bridgehead atoms. The average Bonchev–Trinajstić information content (AvgIpc) is 2.48. The molecule has 0 spiro atoms. The Labute approximate surface area is 84.8 Å². The van der Waals surface area contributed by atoms with E-state index in [4.69, 9.17) is 4.74 Å². The quantitative estimate of drug-likeness (QED) is 0.699. The van der Waals surface area contributed by atoms with Gasteiger partial charge in [-0.2, -0.15) is 0 Å². The van der Waals surface area contributed by atoms with Crippen LogP contribution in [-0.2, 0) is 4.74 Å². The first-order valence-electron chi connectivity index (χ1n) is 5.14. The lowest BCUT2D eigenvalue weighted by Gasteiger charge is -2.28. The van der Waals surface area contributed by atoms with Gasteiger partial charge in [-0.1, -0.05) is 0 Å². The largest absolute Gasteiger partial charge is 0.381 e. The number of hydrogen-bond donors (Lipinski definition) is 1. The van der Waals surface area contributed by atoms with Crippen molar-refractivity contribution in [3.8, 4) is 0 Å². The number of ether oxygens (including phenoxy) is 1. The minimum Gasteiger partial charge on any atom is -0.381 e. The van der Waals surface area contributed by atoms with Gasteiger partial charge in [0.1, 0.15) is 0 Å². The molecule has 0 aromatic carbocycles. The lowest BCUT2D eigenvalue weighted by molar-refractivity contribution is 0.0496. The van der Waals surface area contributed by atoms with Gasteiger partial charge in [0.25, 0.3) is 0 Å². The van der Waals surface area contributed by atoms with E-state index in [0.717, 1.165) is 19.1 Å². The Morgan fingerprint density at radius 2 is 2.31 bits per heavy atom. The Bertz CT molecular complexity index is 178. The van der Waals surface area contributed by atoms with Crippen molar-refractivity contribution >= 4 is 11.8 Å². The van der Waals surface area contributed by atoms with Crippen LogP contribution in [0.1, 0.15) is 26.7 Å². The summed E-state index contributed by atoms with van der Waals surface area (Å²) in [5.74, 6) is 1.97. The van der Waals surface area contributed by atoms with Crippen LogP contribution in [0.25, 0.3) is 0 Å². The molecule has 3 heteroatoms. The Kier molecular flexibility index (Phi) is 2.86. The lowest BCUT2D eigenvalue weighted by Crippen LogP contribution is -2.43. The van der Waals surface area contributed by atoms with Gasteiger partial charge in [0.15, 0.2) is 0 Å². The Balaban J connectivity index is 1.87. The Morgan fingerprint density at radius 1 is 1.46 bits per heavy atom. The summed E-state index contributed by atoms with van der Waals surface area (Å²) in [6, 6.07) is 0. The molecule has 2 rings (SSSR count). The fraction of sp³-hybridized carbons (Fsp3) is 1.00. The van der Waals surface area contributed by atoms with E-state index in [9.17, 15) is 0 Å². The number of nitrogens with one attached hydrogen (secondary N) is 1.